The number of hydrogen-bond acceptors (Lipinski definition) is 2. The number of rotatable bonds is 3. The van der Waals surface area contributed by atoms with Gasteiger partial charge in [0.25, 0.3) is 6.71 Å². The molecule has 0 fully saturated rings. The summed E-state index contributed by atoms with van der Waals surface area (Å²) in [5, 5.41) is 0. The number of nitrogens with zero attached hydrogens (tertiary/aromatic N) is 2. The normalized spacial score (nSPS) is 16.6. The van der Waals surface area contributed by atoms with Gasteiger partial charge in [-0.15, -0.1) is 0 Å². The van der Waals surface area contributed by atoms with Crippen molar-refractivity contribution in [3.63, 3.8) is 0 Å². The van der Waals surface area contributed by atoms with E-state index in [2.05, 4.69) is 204 Å². The largest absolute Gasteiger partial charge is 0.311 e. The lowest BCUT2D eigenvalue weighted by Crippen LogP contribution is -2.61. The first-order valence-corrected chi connectivity index (χ1v) is 22.6. The standard InChI is InChI=1S/C58H67BN2/c1-36-27-51-53-52(28-36)61(48-26-24-42(56(8,9)10)32-45(48)37-19-21-40(22-20-37)54(2,3)4)49-30-39-35-58(14,15)34-38(39)29-47(49)59(53)46-25-23-43(57(11,12)13)33-50(46)60(51)44-18-16-17-41(31-44)55(5,6)7/h16-33H,34-35H2,1-15H3/i1D3. The van der Waals surface area contributed by atoms with Crippen molar-refractivity contribution < 1.29 is 4.11 Å². The van der Waals surface area contributed by atoms with Gasteiger partial charge in [-0.1, -0.05) is 158 Å². The van der Waals surface area contributed by atoms with E-state index in [4.69, 9.17) is 4.11 Å². The predicted octanol–water partition coefficient (Wildman–Crippen LogP) is 14.1. The van der Waals surface area contributed by atoms with E-state index in [0.717, 1.165) is 63.6 Å². The summed E-state index contributed by atoms with van der Waals surface area (Å²) in [5.41, 5.74) is 20.1. The second kappa shape index (κ2) is 13.7. The highest BCUT2D eigenvalue weighted by molar-refractivity contribution is 7.00. The zero-order chi connectivity index (χ0) is 46.3. The average Bonchev–Trinajstić information content (AvgIpc) is 3.50. The number of benzene rings is 6. The second-order valence-corrected chi connectivity index (χ2v) is 23.4. The number of anilines is 6. The summed E-state index contributed by atoms with van der Waals surface area (Å²) in [7, 11) is 0. The minimum Gasteiger partial charge on any atom is -0.311 e. The van der Waals surface area contributed by atoms with Crippen LogP contribution in [0.15, 0.2) is 109 Å². The third-order valence-electron chi connectivity index (χ3n) is 13.7. The molecule has 0 bridgehead atoms. The minimum absolute atomic E-state index is 0.0145. The number of fused-ring (bicyclic) bond motifs is 5. The van der Waals surface area contributed by atoms with Crippen molar-refractivity contribution in [3.05, 3.63) is 148 Å². The zero-order valence-corrected chi connectivity index (χ0v) is 39.3. The van der Waals surface area contributed by atoms with E-state index in [1.54, 1.807) is 0 Å². The fourth-order valence-electron chi connectivity index (χ4n) is 10.2. The van der Waals surface area contributed by atoms with Crippen LogP contribution in [0.4, 0.5) is 34.1 Å². The average molecular weight is 806 g/mol. The van der Waals surface area contributed by atoms with Crippen LogP contribution in [0.25, 0.3) is 11.1 Å². The summed E-state index contributed by atoms with van der Waals surface area (Å²) in [6.45, 7) is 29.5. The van der Waals surface area contributed by atoms with E-state index in [1.807, 2.05) is 12.1 Å². The Kier molecular flexibility index (Phi) is 8.50. The summed E-state index contributed by atoms with van der Waals surface area (Å²) in [6.07, 6.45) is 2.02. The molecule has 1 aliphatic carbocycles. The zero-order valence-electron chi connectivity index (χ0n) is 42.3. The van der Waals surface area contributed by atoms with Crippen LogP contribution in [0.5, 0.6) is 0 Å². The van der Waals surface area contributed by atoms with Gasteiger partial charge in [0.2, 0.25) is 0 Å². The minimum atomic E-state index is -2.36. The molecule has 9 rings (SSSR count). The first kappa shape index (κ1) is 37.7. The fourth-order valence-corrected chi connectivity index (χ4v) is 10.2. The molecule has 61 heavy (non-hydrogen) atoms. The summed E-state index contributed by atoms with van der Waals surface area (Å²) in [6, 6.07) is 41.1. The van der Waals surface area contributed by atoms with Gasteiger partial charge in [-0.3, -0.25) is 0 Å². The molecule has 3 aliphatic rings. The molecule has 312 valence electrons. The highest BCUT2D eigenvalue weighted by Gasteiger charge is 2.45. The lowest BCUT2D eigenvalue weighted by Gasteiger charge is -2.45. The number of aryl methyl sites for hydroxylation is 1. The maximum absolute atomic E-state index is 9.08. The molecule has 0 radical (unpaired) electrons. The van der Waals surface area contributed by atoms with Crippen LogP contribution in [0.3, 0.4) is 0 Å². The number of hydrogen-bond donors (Lipinski definition) is 0. The van der Waals surface area contributed by atoms with Gasteiger partial charge >= 0.3 is 0 Å². The monoisotopic (exact) mass is 806 g/mol. The molecule has 2 aliphatic heterocycles. The van der Waals surface area contributed by atoms with Crippen molar-refractivity contribution in [2.75, 3.05) is 9.80 Å². The molecule has 0 atom stereocenters. The second-order valence-electron chi connectivity index (χ2n) is 23.4. The molecule has 0 N–H and O–H groups in total. The van der Waals surface area contributed by atoms with Gasteiger partial charge in [-0.2, -0.15) is 0 Å². The van der Waals surface area contributed by atoms with Crippen LogP contribution in [0, 0.1) is 12.3 Å². The molecule has 0 unspecified atom stereocenters. The Hall–Kier alpha value is -5.02. The summed E-state index contributed by atoms with van der Waals surface area (Å²) in [5.74, 6) is 0. The van der Waals surface area contributed by atoms with Crippen LogP contribution in [0.1, 0.15) is 140 Å². The van der Waals surface area contributed by atoms with Crippen LogP contribution < -0.4 is 26.2 Å². The van der Waals surface area contributed by atoms with Crippen molar-refractivity contribution in [3.8, 4) is 11.1 Å². The maximum atomic E-state index is 9.08. The molecular weight excluding hydrogens is 735 g/mol. The molecule has 0 amide bonds. The van der Waals surface area contributed by atoms with Gasteiger partial charge in [0.05, 0.1) is 5.69 Å². The molecule has 2 nitrogen and oxygen atoms in total. The maximum Gasteiger partial charge on any atom is 0.252 e. The van der Waals surface area contributed by atoms with Crippen molar-refractivity contribution in [2.45, 2.75) is 138 Å². The third-order valence-corrected chi connectivity index (χ3v) is 13.7. The van der Waals surface area contributed by atoms with Gasteiger partial charge in [0.1, 0.15) is 0 Å². The van der Waals surface area contributed by atoms with E-state index in [1.165, 1.54) is 44.3 Å². The van der Waals surface area contributed by atoms with Crippen LogP contribution in [-0.4, -0.2) is 6.71 Å². The SMILES string of the molecule is [2H]C([2H])([2H])c1cc2c3c(c1)N(c1ccc(C(C)(C)C)cc1-c1ccc(C(C)(C)C)cc1)c1cc4c(cc1B3c1ccc(C(C)(C)C)cc1N2c1cccc(C(C)(C)C)c1)CC(C)(C)C4. The van der Waals surface area contributed by atoms with Crippen molar-refractivity contribution in [1.82, 2.24) is 0 Å². The fraction of sp³-hybridized carbons (Fsp3) is 0.379. The summed E-state index contributed by atoms with van der Waals surface area (Å²) in [4.78, 5) is 4.84. The Morgan fingerprint density at radius 1 is 0.492 bits per heavy atom. The molecule has 0 aromatic heterocycles. The lowest BCUT2D eigenvalue weighted by molar-refractivity contribution is 0.392. The van der Waals surface area contributed by atoms with Gasteiger partial charge in [-0.05, 0) is 156 Å². The van der Waals surface area contributed by atoms with Crippen LogP contribution >= 0.6 is 0 Å². The van der Waals surface area contributed by atoms with Gasteiger partial charge in [0.15, 0.2) is 0 Å². The van der Waals surface area contributed by atoms with Crippen molar-refractivity contribution in [1.29, 1.82) is 0 Å². The van der Waals surface area contributed by atoms with Gasteiger partial charge < -0.3 is 9.80 Å². The van der Waals surface area contributed by atoms with Crippen molar-refractivity contribution >= 4 is 57.2 Å². The molecule has 0 saturated carbocycles. The lowest BCUT2D eigenvalue weighted by atomic mass is 9.33. The Balaban J connectivity index is 1.42. The first-order chi connectivity index (χ1) is 29.6. The Morgan fingerprint density at radius 2 is 1.03 bits per heavy atom. The van der Waals surface area contributed by atoms with E-state index >= 15 is 0 Å². The van der Waals surface area contributed by atoms with E-state index < -0.39 is 6.85 Å². The van der Waals surface area contributed by atoms with Crippen LogP contribution in [0.2, 0.25) is 0 Å². The quantitative estimate of drug-likeness (QED) is 0.164. The molecule has 6 aromatic carbocycles. The smallest absolute Gasteiger partial charge is 0.252 e. The molecule has 0 saturated heterocycles. The van der Waals surface area contributed by atoms with E-state index in [9.17, 15) is 0 Å². The molecule has 3 heteroatoms. The molecule has 6 aromatic rings. The predicted molar refractivity (Wildman–Crippen MR) is 267 cm³/mol. The Morgan fingerprint density at radius 3 is 1.66 bits per heavy atom. The Labute approximate surface area is 372 Å². The Bertz CT molecular complexity index is 2840. The summed E-state index contributed by atoms with van der Waals surface area (Å²) < 4.78 is 27.2. The highest BCUT2D eigenvalue weighted by atomic mass is 15.2. The van der Waals surface area contributed by atoms with Crippen LogP contribution in [-0.2, 0) is 34.5 Å². The topological polar surface area (TPSA) is 6.48 Å². The van der Waals surface area contributed by atoms with E-state index in [-0.39, 0.29) is 33.8 Å². The molecular formula is C58H67BN2. The van der Waals surface area contributed by atoms with Crippen molar-refractivity contribution in [2.24, 2.45) is 5.41 Å². The van der Waals surface area contributed by atoms with Gasteiger partial charge in [-0.25, -0.2) is 0 Å². The third kappa shape index (κ3) is 7.15. The van der Waals surface area contributed by atoms with Gasteiger partial charge in [0, 0.05) is 38.1 Å². The first-order valence-electron chi connectivity index (χ1n) is 24.1. The molecule has 0 spiro atoms. The molecule has 2 heterocycles. The van der Waals surface area contributed by atoms with E-state index in [0.29, 0.717) is 5.56 Å². The summed E-state index contributed by atoms with van der Waals surface area (Å²) >= 11 is 0. The highest BCUT2D eigenvalue weighted by Crippen LogP contribution is 2.50.